The van der Waals surface area contributed by atoms with Crippen molar-refractivity contribution in [1.29, 1.82) is 0 Å². The van der Waals surface area contributed by atoms with E-state index in [1.54, 1.807) is 30.2 Å². The molecule has 1 aromatic carbocycles. The van der Waals surface area contributed by atoms with E-state index in [-0.39, 0.29) is 36.6 Å². The molecule has 2 aliphatic rings. The van der Waals surface area contributed by atoms with E-state index in [1.807, 2.05) is 25.8 Å². The first-order valence-corrected chi connectivity index (χ1v) is 11.0. The maximum atomic E-state index is 13.1. The van der Waals surface area contributed by atoms with Gasteiger partial charge in [-0.15, -0.1) is 0 Å². The number of hydrogen-bond acceptors (Lipinski definition) is 6. The van der Waals surface area contributed by atoms with Gasteiger partial charge in [-0.05, 0) is 25.1 Å². The highest BCUT2D eigenvalue weighted by molar-refractivity contribution is 6.01. The Hall–Kier alpha value is -2.81. The smallest absolute Gasteiger partial charge is 0.245 e. The first kappa shape index (κ1) is 23.8. The number of hydrogen-bond donors (Lipinski definition) is 1. The molecule has 3 rings (SSSR count). The standard InChI is InChI=1S/C23H34N4O5/c1-15(2)21(23(30)26-10-8-25(3)9-11-26)24-22(29)16-12-20(28)27(14-16)17-6-7-18(31-4)19(13-17)32-5/h6-7,13,15-16,21H,8-12,14H2,1-5H3,(H,24,29). The van der Waals surface area contributed by atoms with Crippen LogP contribution in [0.1, 0.15) is 20.3 Å². The highest BCUT2D eigenvalue weighted by Gasteiger charge is 2.38. The summed E-state index contributed by atoms with van der Waals surface area (Å²) in [6, 6.07) is 4.63. The molecule has 2 saturated heterocycles. The molecule has 32 heavy (non-hydrogen) atoms. The topological polar surface area (TPSA) is 91.4 Å². The quantitative estimate of drug-likeness (QED) is 0.671. The minimum absolute atomic E-state index is 0.0508. The average Bonchev–Trinajstić information content (AvgIpc) is 3.18. The average molecular weight is 447 g/mol. The number of rotatable bonds is 7. The zero-order valence-electron chi connectivity index (χ0n) is 19.6. The fraction of sp³-hybridized carbons (Fsp3) is 0.609. The molecule has 2 aliphatic heterocycles. The van der Waals surface area contributed by atoms with Crippen LogP contribution in [0.5, 0.6) is 11.5 Å². The SMILES string of the molecule is COc1ccc(N2CC(C(=O)NC(C(=O)N3CCN(C)CC3)C(C)C)CC2=O)cc1OC. The number of carbonyl (C=O) groups is 3. The van der Waals surface area contributed by atoms with Crippen LogP contribution in [0.2, 0.25) is 0 Å². The predicted octanol–water partition coefficient (Wildman–Crippen LogP) is 0.972. The maximum Gasteiger partial charge on any atom is 0.245 e. The van der Waals surface area contributed by atoms with Gasteiger partial charge in [0, 0.05) is 50.9 Å². The van der Waals surface area contributed by atoms with Crippen LogP contribution in [0.3, 0.4) is 0 Å². The Morgan fingerprint density at radius 1 is 1.06 bits per heavy atom. The van der Waals surface area contributed by atoms with E-state index in [1.165, 1.54) is 7.11 Å². The van der Waals surface area contributed by atoms with E-state index in [0.717, 1.165) is 13.1 Å². The summed E-state index contributed by atoms with van der Waals surface area (Å²) in [4.78, 5) is 44.4. The molecule has 0 aliphatic carbocycles. The molecule has 2 atom stereocenters. The lowest BCUT2D eigenvalue weighted by molar-refractivity contribution is -0.139. The van der Waals surface area contributed by atoms with Gasteiger partial charge in [-0.2, -0.15) is 0 Å². The molecule has 2 fully saturated rings. The molecule has 0 spiro atoms. The van der Waals surface area contributed by atoms with Crippen molar-refractivity contribution in [2.45, 2.75) is 26.3 Å². The lowest BCUT2D eigenvalue weighted by atomic mass is 10.00. The second-order valence-corrected chi connectivity index (χ2v) is 8.80. The number of nitrogens with zero attached hydrogens (tertiary/aromatic N) is 3. The second-order valence-electron chi connectivity index (χ2n) is 8.80. The highest BCUT2D eigenvalue weighted by atomic mass is 16.5. The Bertz CT molecular complexity index is 851. The van der Waals surface area contributed by atoms with E-state index in [0.29, 0.717) is 30.3 Å². The Kier molecular flexibility index (Phi) is 7.60. The zero-order chi connectivity index (χ0) is 23.4. The Labute approximate surface area is 189 Å². The molecule has 176 valence electrons. The minimum Gasteiger partial charge on any atom is -0.493 e. The monoisotopic (exact) mass is 446 g/mol. The predicted molar refractivity (Wildman–Crippen MR) is 121 cm³/mol. The van der Waals surface area contributed by atoms with Crippen LogP contribution in [-0.4, -0.2) is 87.6 Å². The number of anilines is 1. The van der Waals surface area contributed by atoms with Crippen molar-refractivity contribution in [3.8, 4) is 11.5 Å². The van der Waals surface area contributed by atoms with Gasteiger partial charge in [0.05, 0.1) is 20.1 Å². The number of carbonyl (C=O) groups excluding carboxylic acids is 3. The van der Waals surface area contributed by atoms with Crippen LogP contribution in [-0.2, 0) is 14.4 Å². The molecule has 0 bridgehead atoms. The lowest BCUT2D eigenvalue weighted by Crippen LogP contribution is -2.56. The van der Waals surface area contributed by atoms with Crippen LogP contribution in [0.15, 0.2) is 18.2 Å². The van der Waals surface area contributed by atoms with Crippen LogP contribution < -0.4 is 19.7 Å². The van der Waals surface area contributed by atoms with Crippen LogP contribution in [0.4, 0.5) is 5.69 Å². The zero-order valence-corrected chi connectivity index (χ0v) is 19.6. The fourth-order valence-corrected chi connectivity index (χ4v) is 4.13. The summed E-state index contributed by atoms with van der Waals surface area (Å²) in [6.45, 7) is 7.06. The van der Waals surface area contributed by atoms with Gasteiger partial charge in [-0.1, -0.05) is 13.8 Å². The third-order valence-electron chi connectivity index (χ3n) is 6.22. The number of piperazine rings is 1. The van der Waals surface area contributed by atoms with Crippen LogP contribution in [0.25, 0.3) is 0 Å². The van der Waals surface area contributed by atoms with E-state index < -0.39 is 12.0 Å². The lowest BCUT2D eigenvalue weighted by Gasteiger charge is -2.36. The summed E-state index contributed by atoms with van der Waals surface area (Å²) in [7, 11) is 5.12. The first-order chi connectivity index (χ1) is 15.2. The third-order valence-corrected chi connectivity index (χ3v) is 6.22. The molecule has 1 N–H and O–H groups in total. The van der Waals surface area contributed by atoms with E-state index >= 15 is 0 Å². The van der Waals surface area contributed by atoms with Crippen molar-refractivity contribution < 1.29 is 23.9 Å². The van der Waals surface area contributed by atoms with E-state index in [9.17, 15) is 14.4 Å². The van der Waals surface area contributed by atoms with Gasteiger partial charge in [0.2, 0.25) is 17.7 Å². The molecule has 0 aromatic heterocycles. The van der Waals surface area contributed by atoms with Crippen molar-refractivity contribution >= 4 is 23.4 Å². The van der Waals surface area contributed by atoms with Crippen molar-refractivity contribution in [2.75, 3.05) is 58.9 Å². The summed E-state index contributed by atoms with van der Waals surface area (Å²) in [5.74, 6) is 0.0684. The molecule has 3 amide bonds. The van der Waals surface area contributed by atoms with Crippen LogP contribution in [0, 0.1) is 11.8 Å². The number of likely N-dealkylation sites (N-methyl/N-ethyl adjacent to an activating group) is 1. The van der Waals surface area contributed by atoms with Gasteiger partial charge >= 0.3 is 0 Å². The summed E-state index contributed by atoms with van der Waals surface area (Å²) < 4.78 is 10.6. The summed E-state index contributed by atoms with van der Waals surface area (Å²) in [5.41, 5.74) is 0.650. The van der Waals surface area contributed by atoms with Crippen molar-refractivity contribution in [1.82, 2.24) is 15.1 Å². The molecule has 9 heteroatoms. The molecule has 9 nitrogen and oxygen atoms in total. The summed E-state index contributed by atoms with van der Waals surface area (Å²) >= 11 is 0. The summed E-state index contributed by atoms with van der Waals surface area (Å²) in [6.07, 6.45) is 0.105. The minimum atomic E-state index is -0.601. The normalized spacial score (nSPS) is 20.4. The fourth-order valence-electron chi connectivity index (χ4n) is 4.13. The van der Waals surface area contributed by atoms with E-state index in [4.69, 9.17) is 9.47 Å². The van der Waals surface area contributed by atoms with Gasteiger partial charge in [0.1, 0.15) is 6.04 Å². The molecule has 0 saturated carbocycles. The number of benzene rings is 1. The number of amides is 3. The number of nitrogens with one attached hydrogen (secondary N) is 1. The Morgan fingerprint density at radius 2 is 1.72 bits per heavy atom. The van der Waals surface area contributed by atoms with Gasteiger partial charge < -0.3 is 29.5 Å². The molecule has 2 unspecified atom stereocenters. The number of ether oxygens (including phenoxy) is 2. The number of methoxy groups -OCH3 is 2. The Balaban J connectivity index is 1.67. The summed E-state index contributed by atoms with van der Waals surface area (Å²) in [5, 5.41) is 2.93. The highest BCUT2D eigenvalue weighted by Crippen LogP contribution is 2.34. The molecule has 0 radical (unpaired) electrons. The van der Waals surface area contributed by atoms with Gasteiger partial charge in [0.25, 0.3) is 0 Å². The molecular weight excluding hydrogens is 412 g/mol. The molecular formula is C23H34N4O5. The van der Waals surface area contributed by atoms with Crippen molar-refractivity contribution in [3.63, 3.8) is 0 Å². The molecule has 1 aromatic rings. The second kappa shape index (κ2) is 10.2. The molecule has 2 heterocycles. The largest absolute Gasteiger partial charge is 0.493 e. The van der Waals surface area contributed by atoms with Gasteiger partial charge in [0.15, 0.2) is 11.5 Å². The van der Waals surface area contributed by atoms with Crippen molar-refractivity contribution in [2.24, 2.45) is 11.8 Å². The van der Waals surface area contributed by atoms with Gasteiger partial charge in [-0.3, -0.25) is 14.4 Å². The Morgan fingerprint density at radius 3 is 2.31 bits per heavy atom. The van der Waals surface area contributed by atoms with Crippen LogP contribution >= 0.6 is 0 Å². The van der Waals surface area contributed by atoms with Crippen molar-refractivity contribution in [3.05, 3.63) is 18.2 Å². The maximum absolute atomic E-state index is 13.1. The van der Waals surface area contributed by atoms with Gasteiger partial charge in [-0.25, -0.2) is 0 Å². The first-order valence-electron chi connectivity index (χ1n) is 11.0. The third kappa shape index (κ3) is 5.15. The van der Waals surface area contributed by atoms with E-state index in [2.05, 4.69) is 10.2 Å².